The highest BCUT2D eigenvalue weighted by Gasteiger charge is 2.30. The van der Waals surface area contributed by atoms with E-state index in [9.17, 15) is 19.2 Å². The topological polar surface area (TPSA) is 248 Å². The van der Waals surface area contributed by atoms with Gasteiger partial charge in [0, 0.05) is 91.2 Å². The molecule has 6 aromatic rings. The van der Waals surface area contributed by atoms with Crippen LogP contribution in [-0.2, 0) is 18.9 Å². The number of hydrogen-bond donors (Lipinski definition) is 6. The van der Waals surface area contributed by atoms with Crippen molar-refractivity contribution in [2.45, 2.75) is 138 Å². The van der Waals surface area contributed by atoms with Gasteiger partial charge in [0.25, 0.3) is 22.9 Å². The molecule has 4 aliphatic rings. The van der Waals surface area contributed by atoms with Crippen molar-refractivity contribution >= 4 is 57.8 Å². The van der Waals surface area contributed by atoms with E-state index in [0.717, 1.165) is 89.9 Å². The van der Waals surface area contributed by atoms with Gasteiger partial charge >= 0.3 is 0 Å². The molecule has 6 N–H and O–H groups in total. The van der Waals surface area contributed by atoms with Crippen LogP contribution in [0.1, 0.15) is 123 Å². The van der Waals surface area contributed by atoms with E-state index < -0.39 is 0 Å². The number of hydrogen-bond acceptors (Lipinski definition) is 16. The summed E-state index contributed by atoms with van der Waals surface area (Å²) in [7, 11) is 10.4. The van der Waals surface area contributed by atoms with Crippen LogP contribution in [0.15, 0.2) is 70.8 Å². The molecular weight excluding hydrogens is 949 g/mol. The Morgan fingerprint density at radius 2 is 0.919 bits per heavy atom. The number of pyridine rings is 2. The molecule has 0 radical (unpaired) electrons. The molecule has 396 valence electrons. The van der Waals surface area contributed by atoms with Crippen LogP contribution in [0.3, 0.4) is 0 Å². The molecule has 4 aliphatic carbocycles. The molecule has 0 bridgehead atoms. The lowest BCUT2D eigenvalue weighted by molar-refractivity contribution is 0.0579. The molecule has 0 spiro atoms. The van der Waals surface area contributed by atoms with E-state index in [0.29, 0.717) is 57.1 Å². The third-order valence-electron chi connectivity index (χ3n) is 15.3. The number of nitrogens with zero attached hydrogens (tertiary/aromatic N) is 8. The molecule has 0 aromatic carbocycles. The van der Waals surface area contributed by atoms with Crippen molar-refractivity contribution in [3.63, 3.8) is 0 Å². The van der Waals surface area contributed by atoms with Crippen LogP contribution >= 0.6 is 0 Å². The van der Waals surface area contributed by atoms with E-state index in [1.807, 2.05) is 24.5 Å². The Morgan fingerprint density at radius 3 is 1.27 bits per heavy atom. The number of amides is 2. The zero-order chi connectivity index (χ0) is 51.9. The second-order valence-electron chi connectivity index (χ2n) is 19.7. The summed E-state index contributed by atoms with van der Waals surface area (Å²) >= 11 is 0. The molecule has 22 nitrogen and oxygen atoms in total. The quantitative estimate of drug-likeness (QED) is 0.0631. The van der Waals surface area contributed by atoms with E-state index in [4.69, 9.17) is 18.9 Å². The Hall–Kier alpha value is -6.88. The SMILES string of the molecule is CNc1cc(Nc2cccn(C3CCC(OC)CC3)c2=O)nc2c(C(=O)N[C@@H]3CC[C@@H](OC)C3)cnn12.CNc1cc(Nc2cccn(C3CCC(OC)CC3)c2=O)nc2c(C(=O)N[C@H]3CC[C@H](OC)C3)cnn12. The van der Waals surface area contributed by atoms with Crippen molar-refractivity contribution in [1.82, 2.24) is 49.0 Å². The summed E-state index contributed by atoms with van der Waals surface area (Å²) in [5.41, 5.74) is 2.22. The zero-order valence-corrected chi connectivity index (χ0v) is 43.1. The maximum Gasteiger partial charge on any atom is 0.274 e. The van der Waals surface area contributed by atoms with Crippen molar-refractivity contribution < 1.29 is 28.5 Å². The molecule has 0 unspecified atom stereocenters. The fourth-order valence-electron chi connectivity index (χ4n) is 11.0. The number of anilines is 6. The van der Waals surface area contributed by atoms with Gasteiger partial charge in [-0.3, -0.25) is 19.2 Å². The zero-order valence-electron chi connectivity index (χ0n) is 43.1. The number of carbonyl (C=O) groups excluding carboxylic acids is 2. The minimum atomic E-state index is -0.225. The van der Waals surface area contributed by atoms with Gasteiger partial charge in [-0.15, -0.1) is 0 Å². The van der Waals surface area contributed by atoms with Gasteiger partial charge < -0.3 is 60.0 Å². The summed E-state index contributed by atoms with van der Waals surface area (Å²) in [6, 6.07) is 11.2. The molecule has 22 heteroatoms. The molecule has 0 aliphatic heterocycles. The van der Waals surface area contributed by atoms with E-state index in [2.05, 4.69) is 52.1 Å². The maximum absolute atomic E-state index is 13.3. The lowest BCUT2D eigenvalue weighted by Crippen LogP contribution is -2.33. The summed E-state index contributed by atoms with van der Waals surface area (Å²) in [5.74, 6) is 1.73. The van der Waals surface area contributed by atoms with E-state index in [1.165, 1.54) is 12.4 Å². The summed E-state index contributed by atoms with van der Waals surface area (Å²) in [6.07, 6.45) is 20.1. The molecular formula is C52H70N14O8. The Balaban J connectivity index is 0.000000182. The lowest BCUT2D eigenvalue weighted by atomic mass is 9.92. The predicted molar refractivity (Wildman–Crippen MR) is 281 cm³/mol. The highest BCUT2D eigenvalue weighted by molar-refractivity contribution is 6.01. The average molecular weight is 1020 g/mol. The first-order chi connectivity index (χ1) is 36.0. The van der Waals surface area contributed by atoms with Gasteiger partial charge in [0.1, 0.15) is 45.8 Å². The number of nitrogens with one attached hydrogen (secondary N) is 6. The summed E-state index contributed by atoms with van der Waals surface area (Å²) in [6.45, 7) is 0. The van der Waals surface area contributed by atoms with Gasteiger partial charge in [-0.25, -0.2) is 9.97 Å². The third kappa shape index (κ3) is 11.4. The number of methoxy groups -OCH3 is 4. The fourth-order valence-corrected chi connectivity index (χ4v) is 11.0. The number of ether oxygens (including phenoxy) is 4. The van der Waals surface area contributed by atoms with Gasteiger partial charge in [-0.1, -0.05) is 0 Å². The molecule has 4 fully saturated rings. The monoisotopic (exact) mass is 1020 g/mol. The standard InChI is InChI=1S/2C26H35N7O4/c2*1-27-23-14-22(30-21-5-4-12-32(26(21)35)17-7-10-18(36-2)11-8-17)31-24-20(15-28-33(23)24)25(34)29-16-6-9-19(13-16)37-3/h2*4-5,12,14-19,27H,6-11,13H2,1-3H3,(H,29,34)(H,30,31)/t2*16-,17?,18?,19-/m10/s1. The molecule has 6 aromatic heterocycles. The third-order valence-corrected chi connectivity index (χ3v) is 15.3. The predicted octanol–water partition coefficient (Wildman–Crippen LogP) is 6.21. The summed E-state index contributed by atoms with van der Waals surface area (Å²) in [4.78, 5) is 62.2. The first-order valence-electron chi connectivity index (χ1n) is 25.8. The van der Waals surface area contributed by atoms with Crippen molar-refractivity contribution in [2.75, 3.05) is 63.8 Å². The first kappa shape index (κ1) is 52.0. The van der Waals surface area contributed by atoms with Gasteiger partial charge in [0.05, 0.1) is 36.8 Å². The number of rotatable bonds is 16. The largest absolute Gasteiger partial charge is 0.381 e. The normalized spacial score (nSPS) is 23.8. The van der Waals surface area contributed by atoms with Crippen molar-refractivity contribution in [3.8, 4) is 0 Å². The Labute approximate surface area is 429 Å². The number of fused-ring (bicyclic) bond motifs is 2. The fraction of sp³-hybridized carbons (Fsp3) is 0.538. The highest BCUT2D eigenvalue weighted by Crippen LogP contribution is 2.32. The number of carbonyl (C=O) groups is 2. The molecule has 4 atom stereocenters. The maximum atomic E-state index is 13.3. The highest BCUT2D eigenvalue weighted by atomic mass is 16.5. The van der Waals surface area contributed by atoms with Gasteiger partial charge in [0.2, 0.25) is 0 Å². The second kappa shape index (κ2) is 23.5. The van der Waals surface area contributed by atoms with Crippen LogP contribution in [0.25, 0.3) is 11.3 Å². The van der Waals surface area contributed by atoms with Gasteiger partial charge in [-0.2, -0.15) is 19.2 Å². The van der Waals surface area contributed by atoms with Crippen LogP contribution in [0.5, 0.6) is 0 Å². The second-order valence-corrected chi connectivity index (χ2v) is 19.7. The minimum Gasteiger partial charge on any atom is -0.381 e. The summed E-state index contributed by atoms with van der Waals surface area (Å²) in [5, 5.41) is 27.5. The average Bonchev–Trinajstić information content (AvgIpc) is 4.27. The van der Waals surface area contributed by atoms with E-state index >= 15 is 0 Å². The Morgan fingerprint density at radius 1 is 0.541 bits per heavy atom. The number of aromatic nitrogens is 8. The molecule has 2 amide bonds. The van der Waals surface area contributed by atoms with Crippen molar-refractivity contribution in [2.24, 2.45) is 0 Å². The van der Waals surface area contributed by atoms with E-state index in [1.54, 1.807) is 85.0 Å². The molecule has 74 heavy (non-hydrogen) atoms. The molecule has 6 heterocycles. The van der Waals surface area contributed by atoms with Crippen LogP contribution in [-0.4, -0.2) is 129 Å². The van der Waals surface area contributed by atoms with Crippen molar-refractivity contribution in [3.05, 3.63) is 93.0 Å². The Kier molecular flexibility index (Phi) is 16.5. The molecule has 4 saturated carbocycles. The Bertz CT molecular complexity index is 2830. The smallest absolute Gasteiger partial charge is 0.274 e. The van der Waals surface area contributed by atoms with Gasteiger partial charge in [-0.05, 0) is 114 Å². The van der Waals surface area contributed by atoms with Crippen LogP contribution < -0.4 is 43.0 Å². The molecule has 0 saturated heterocycles. The van der Waals surface area contributed by atoms with Gasteiger partial charge in [0.15, 0.2) is 11.3 Å². The molecule has 10 rings (SSSR count). The van der Waals surface area contributed by atoms with Crippen LogP contribution in [0, 0.1) is 0 Å². The van der Waals surface area contributed by atoms with Crippen molar-refractivity contribution in [1.29, 1.82) is 0 Å². The van der Waals surface area contributed by atoms with Crippen LogP contribution in [0.4, 0.5) is 34.6 Å². The first-order valence-corrected chi connectivity index (χ1v) is 25.8. The van der Waals surface area contributed by atoms with E-state index in [-0.39, 0.29) is 71.5 Å². The minimum absolute atomic E-state index is 0.0548. The lowest BCUT2D eigenvalue weighted by Gasteiger charge is -2.29. The van der Waals surface area contributed by atoms with Crippen LogP contribution in [0.2, 0.25) is 0 Å². The summed E-state index contributed by atoms with van der Waals surface area (Å²) < 4.78 is 28.6.